The molecule has 8 heteroatoms. The summed E-state index contributed by atoms with van der Waals surface area (Å²) in [6, 6.07) is 3.90. The molecule has 7 nitrogen and oxygen atoms in total. The topological polar surface area (TPSA) is 83.6 Å². The van der Waals surface area contributed by atoms with Gasteiger partial charge in [0.1, 0.15) is 5.76 Å². The number of hydrogen-bond acceptors (Lipinski definition) is 7. The second kappa shape index (κ2) is 8.49. The predicted molar refractivity (Wildman–Crippen MR) is 79.0 cm³/mol. The van der Waals surface area contributed by atoms with E-state index in [1.165, 1.54) is 0 Å². The first-order chi connectivity index (χ1) is 9.51. The summed E-state index contributed by atoms with van der Waals surface area (Å²) < 4.78 is 5.65. The largest absolute Gasteiger partial charge is 0.454 e. The molecule has 0 aliphatic carbocycles. The van der Waals surface area contributed by atoms with Gasteiger partial charge in [-0.25, -0.2) is 0 Å². The Kier molecular flexibility index (Phi) is 6.96. The van der Waals surface area contributed by atoms with Crippen LogP contribution in [0.1, 0.15) is 5.76 Å². The Hall–Kier alpha value is -1.67. The molecule has 0 spiro atoms. The van der Waals surface area contributed by atoms with E-state index < -0.39 is 4.92 Å². The molecule has 0 saturated heterocycles. The minimum absolute atomic E-state index is 0.392. The second-order valence-corrected chi connectivity index (χ2v) is 5.41. The highest BCUT2D eigenvalue weighted by Gasteiger charge is 2.04. The molecule has 2 N–H and O–H groups in total. The third-order valence-corrected chi connectivity index (χ3v) is 3.19. The lowest BCUT2D eigenvalue weighted by molar-refractivity contribution is -0.404. The summed E-state index contributed by atoms with van der Waals surface area (Å²) in [5.41, 5.74) is 0. The Balaban J connectivity index is 2.30. The SMILES string of the molecule is CN/C(=C\[N+](=O)[O-])NCCSc1ccc(CN(C)C)o1. The fraction of sp³-hybridized carbons (Fsp3) is 0.500. The lowest BCUT2D eigenvalue weighted by Crippen LogP contribution is -2.26. The molecule has 1 aromatic rings. The van der Waals surface area contributed by atoms with Gasteiger partial charge in [0.2, 0.25) is 0 Å². The molecule has 1 heterocycles. The van der Waals surface area contributed by atoms with Gasteiger partial charge in [0, 0.05) is 19.3 Å². The van der Waals surface area contributed by atoms with Crippen LogP contribution in [0.3, 0.4) is 0 Å². The van der Waals surface area contributed by atoms with Crippen molar-refractivity contribution in [3.05, 3.63) is 40.0 Å². The van der Waals surface area contributed by atoms with E-state index in [1.54, 1.807) is 18.8 Å². The van der Waals surface area contributed by atoms with Crippen molar-refractivity contribution in [2.75, 3.05) is 33.4 Å². The zero-order valence-electron chi connectivity index (χ0n) is 11.9. The summed E-state index contributed by atoms with van der Waals surface area (Å²) in [5, 5.41) is 16.9. The zero-order valence-corrected chi connectivity index (χ0v) is 12.7. The average Bonchev–Trinajstić information content (AvgIpc) is 2.79. The van der Waals surface area contributed by atoms with E-state index >= 15 is 0 Å². The number of nitro groups is 1. The standard InChI is InChI=1S/C12H20N4O3S/c1-13-11(9-16(17)18)14-6-7-20-12-5-4-10(19-12)8-15(2)3/h4-5,9,13-14H,6-8H2,1-3H3/b11-9+. The van der Waals surface area contributed by atoms with Crippen molar-refractivity contribution in [1.29, 1.82) is 0 Å². The van der Waals surface area contributed by atoms with E-state index in [9.17, 15) is 10.1 Å². The van der Waals surface area contributed by atoms with Crippen molar-refractivity contribution in [1.82, 2.24) is 15.5 Å². The Morgan fingerprint density at radius 2 is 2.30 bits per heavy atom. The van der Waals surface area contributed by atoms with E-state index in [2.05, 4.69) is 10.6 Å². The molecule has 0 aliphatic rings. The number of nitrogens with one attached hydrogen (secondary N) is 2. The van der Waals surface area contributed by atoms with Gasteiger partial charge in [-0.15, -0.1) is 0 Å². The third kappa shape index (κ3) is 6.48. The van der Waals surface area contributed by atoms with E-state index in [0.717, 1.165) is 29.4 Å². The van der Waals surface area contributed by atoms with Crippen LogP contribution in [-0.2, 0) is 6.54 Å². The lowest BCUT2D eigenvalue weighted by atomic mass is 10.4. The van der Waals surface area contributed by atoms with Gasteiger partial charge in [-0.1, -0.05) is 11.8 Å². The van der Waals surface area contributed by atoms with Crippen molar-refractivity contribution in [3.63, 3.8) is 0 Å². The minimum atomic E-state index is -0.494. The molecule has 1 rings (SSSR count). The number of rotatable bonds is 9. The summed E-state index contributed by atoms with van der Waals surface area (Å²) in [4.78, 5) is 11.9. The second-order valence-electron chi connectivity index (χ2n) is 4.31. The Bertz CT molecular complexity index is 459. The maximum atomic E-state index is 10.3. The Morgan fingerprint density at radius 1 is 1.55 bits per heavy atom. The smallest absolute Gasteiger partial charge is 0.274 e. The molecular weight excluding hydrogens is 280 g/mol. The minimum Gasteiger partial charge on any atom is -0.454 e. The molecule has 0 radical (unpaired) electrons. The van der Waals surface area contributed by atoms with Crippen molar-refractivity contribution < 1.29 is 9.34 Å². The predicted octanol–water partition coefficient (Wildman–Crippen LogP) is 1.32. The molecule has 1 aromatic heterocycles. The molecule has 0 aliphatic heterocycles. The van der Waals surface area contributed by atoms with Crippen LogP contribution in [0, 0.1) is 10.1 Å². The fourth-order valence-electron chi connectivity index (χ4n) is 1.47. The van der Waals surface area contributed by atoms with Gasteiger partial charge in [0.15, 0.2) is 10.9 Å². The monoisotopic (exact) mass is 300 g/mol. The van der Waals surface area contributed by atoms with Crippen LogP contribution in [0.25, 0.3) is 0 Å². The van der Waals surface area contributed by atoms with Gasteiger partial charge < -0.3 is 20.0 Å². The highest BCUT2D eigenvalue weighted by atomic mass is 32.2. The molecule has 20 heavy (non-hydrogen) atoms. The van der Waals surface area contributed by atoms with Crippen LogP contribution in [0.15, 0.2) is 33.7 Å². The van der Waals surface area contributed by atoms with Gasteiger partial charge in [-0.05, 0) is 26.2 Å². The first-order valence-corrected chi connectivity index (χ1v) is 7.13. The van der Waals surface area contributed by atoms with Crippen molar-refractivity contribution in [2.24, 2.45) is 0 Å². The molecule has 0 atom stereocenters. The van der Waals surface area contributed by atoms with Crippen LogP contribution < -0.4 is 10.6 Å². The van der Waals surface area contributed by atoms with Crippen LogP contribution in [0.4, 0.5) is 0 Å². The van der Waals surface area contributed by atoms with Gasteiger partial charge in [0.05, 0.1) is 11.5 Å². The lowest BCUT2D eigenvalue weighted by Gasteiger charge is -2.07. The normalized spacial score (nSPS) is 11.7. The van der Waals surface area contributed by atoms with Crippen LogP contribution in [0.5, 0.6) is 0 Å². The summed E-state index contributed by atoms with van der Waals surface area (Å²) in [7, 11) is 5.61. The van der Waals surface area contributed by atoms with Gasteiger partial charge >= 0.3 is 0 Å². The maximum absolute atomic E-state index is 10.3. The average molecular weight is 300 g/mol. The molecular formula is C12H20N4O3S. The van der Waals surface area contributed by atoms with Crippen molar-refractivity contribution in [2.45, 2.75) is 11.6 Å². The van der Waals surface area contributed by atoms with Crippen molar-refractivity contribution in [3.8, 4) is 0 Å². The maximum Gasteiger partial charge on any atom is 0.274 e. The fourth-order valence-corrected chi connectivity index (χ4v) is 2.21. The van der Waals surface area contributed by atoms with E-state index in [0.29, 0.717) is 12.4 Å². The first kappa shape index (κ1) is 16.4. The molecule has 0 aromatic carbocycles. The molecule has 0 saturated carbocycles. The van der Waals surface area contributed by atoms with Crippen LogP contribution in [-0.4, -0.2) is 43.3 Å². The van der Waals surface area contributed by atoms with Crippen molar-refractivity contribution >= 4 is 11.8 Å². The van der Waals surface area contributed by atoms with Crippen LogP contribution in [0.2, 0.25) is 0 Å². The number of furan rings is 1. The van der Waals surface area contributed by atoms with E-state index in [-0.39, 0.29) is 0 Å². The molecule has 112 valence electrons. The van der Waals surface area contributed by atoms with E-state index in [1.807, 2.05) is 31.1 Å². The van der Waals surface area contributed by atoms with Crippen LogP contribution >= 0.6 is 11.8 Å². The molecule has 0 bridgehead atoms. The van der Waals surface area contributed by atoms with Gasteiger partial charge in [-0.3, -0.25) is 10.1 Å². The van der Waals surface area contributed by atoms with Gasteiger partial charge in [0.25, 0.3) is 6.20 Å². The Morgan fingerprint density at radius 3 is 2.90 bits per heavy atom. The summed E-state index contributed by atoms with van der Waals surface area (Å²) in [6.45, 7) is 1.38. The molecule has 0 amide bonds. The zero-order chi connectivity index (χ0) is 15.0. The third-order valence-electron chi connectivity index (χ3n) is 2.27. The quantitative estimate of drug-likeness (QED) is 0.308. The number of thioether (sulfide) groups is 1. The number of nitrogens with zero attached hydrogens (tertiary/aromatic N) is 2. The highest BCUT2D eigenvalue weighted by molar-refractivity contribution is 7.99. The number of hydrogen-bond donors (Lipinski definition) is 2. The summed E-state index contributed by atoms with van der Waals surface area (Å²) in [6.07, 6.45) is 0.909. The summed E-state index contributed by atoms with van der Waals surface area (Å²) >= 11 is 1.57. The molecule has 0 unspecified atom stereocenters. The Labute approximate surface area is 122 Å². The van der Waals surface area contributed by atoms with Gasteiger partial charge in [-0.2, -0.15) is 0 Å². The summed E-state index contributed by atoms with van der Waals surface area (Å²) in [5.74, 6) is 2.07. The first-order valence-electron chi connectivity index (χ1n) is 6.14. The van der Waals surface area contributed by atoms with E-state index in [4.69, 9.17) is 4.42 Å². The molecule has 0 fully saturated rings. The highest BCUT2D eigenvalue weighted by Crippen LogP contribution is 2.21.